The molecule has 0 bridgehead atoms. The molecule has 102 valence electrons. The van der Waals surface area contributed by atoms with E-state index in [4.69, 9.17) is 0 Å². The molecule has 0 spiro atoms. The van der Waals surface area contributed by atoms with Gasteiger partial charge in [0.2, 0.25) is 5.91 Å². The summed E-state index contributed by atoms with van der Waals surface area (Å²) >= 11 is 3.42. The molecule has 1 aromatic rings. The number of carbonyl (C=O) groups excluding carboxylic acids is 1. The van der Waals surface area contributed by atoms with Crippen molar-refractivity contribution in [2.45, 2.75) is 50.7 Å². The van der Waals surface area contributed by atoms with E-state index < -0.39 is 5.60 Å². The van der Waals surface area contributed by atoms with Crippen molar-refractivity contribution in [3.63, 3.8) is 0 Å². The van der Waals surface area contributed by atoms with Gasteiger partial charge in [-0.3, -0.25) is 9.69 Å². The Morgan fingerprint density at radius 3 is 2.95 bits per heavy atom. The van der Waals surface area contributed by atoms with Gasteiger partial charge in [0.05, 0.1) is 5.60 Å². The lowest BCUT2D eigenvalue weighted by Gasteiger charge is -2.49. The van der Waals surface area contributed by atoms with Crippen LogP contribution in [-0.4, -0.2) is 27.6 Å². The normalized spacial score (nSPS) is 29.9. The van der Waals surface area contributed by atoms with Gasteiger partial charge in [-0.2, -0.15) is 0 Å². The van der Waals surface area contributed by atoms with Gasteiger partial charge in [-0.05, 0) is 53.2 Å². The van der Waals surface area contributed by atoms with Crippen LogP contribution in [0.3, 0.4) is 0 Å². The summed E-state index contributed by atoms with van der Waals surface area (Å²) in [6, 6.07) is 2.14. The van der Waals surface area contributed by atoms with Gasteiger partial charge >= 0.3 is 0 Å². The van der Waals surface area contributed by atoms with Gasteiger partial charge in [0.15, 0.2) is 0 Å². The molecule has 0 saturated heterocycles. The minimum absolute atomic E-state index is 0.102. The minimum atomic E-state index is -0.585. The number of nitrogens with zero attached hydrogens (tertiary/aromatic N) is 2. The number of aryl methyl sites for hydroxylation is 1. The van der Waals surface area contributed by atoms with Crippen molar-refractivity contribution < 1.29 is 9.90 Å². The van der Waals surface area contributed by atoms with Crippen molar-refractivity contribution in [1.82, 2.24) is 4.98 Å². The lowest BCUT2D eigenvalue weighted by atomic mass is 9.73. The molecule has 1 saturated carbocycles. The summed E-state index contributed by atoms with van der Waals surface area (Å²) in [5.41, 5.74) is 0.527. The van der Waals surface area contributed by atoms with Gasteiger partial charge < -0.3 is 5.11 Å². The lowest BCUT2D eigenvalue weighted by molar-refractivity contribution is -0.122. The van der Waals surface area contributed by atoms with E-state index in [9.17, 15) is 9.90 Å². The van der Waals surface area contributed by atoms with Crippen LogP contribution < -0.4 is 4.90 Å². The van der Waals surface area contributed by atoms with Crippen molar-refractivity contribution in [2.24, 2.45) is 0 Å². The van der Waals surface area contributed by atoms with Gasteiger partial charge in [0.1, 0.15) is 5.82 Å². The maximum Gasteiger partial charge on any atom is 0.228 e. The molecule has 1 N–H and O–H groups in total. The lowest BCUT2D eigenvalue weighted by Crippen LogP contribution is -2.58. The van der Waals surface area contributed by atoms with Gasteiger partial charge in [-0.1, -0.05) is 6.92 Å². The van der Waals surface area contributed by atoms with E-state index in [-0.39, 0.29) is 11.9 Å². The predicted molar refractivity (Wildman–Crippen MR) is 76.0 cm³/mol. The van der Waals surface area contributed by atoms with Crippen LogP contribution in [0.2, 0.25) is 0 Å². The summed E-state index contributed by atoms with van der Waals surface area (Å²) in [7, 11) is 0. The summed E-state index contributed by atoms with van der Waals surface area (Å²) in [5.74, 6) is 0.910. The van der Waals surface area contributed by atoms with Crippen LogP contribution in [0.4, 0.5) is 5.82 Å². The molecular weight excluding hydrogens is 308 g/mol. The number of hydrogen-bond acceptors (Lipinski definition) is 3. The van der Waals surface area contributed by atoms with Crippen molar-refractivity contribution in [2.75, 3.05) is 4.90 Å². The number of amides is 1. The number of pyridine rings is 1. The SMILES string of the molecule is CCC1(O)CC(N2C(=O)CCc3cc(Br)cnc32)C1. The minimum Gasteiger partial charge on any atom is -0.390 e. The topological polar surface area (TPSA) is 53.4 Å². The monoisotopic (exact) mass is 324 g/mol. The summed E-state index contributed by atoms with van der Waals surface area (Å²) in [6.45, 7) is 1.98. The Labute approximate surface area is 121 Å². The fourth-order valence-corrected chi connectivity index (χ4v) is 3.40. The molecule has 0 atom stereocenters. The molecule has 1 aliphatic carbocycles. The van der Waals surface area contributed by atoms with Crippen LogP contribution in [0.1, 0.15) is 38.2 Å². The largest absolute Gasteiger partial charge is 0.390 e. The standard InChI is InChI=1S/C14H17BrN2O2/c1-2-14(19)6-11(7-14)17-12(18)4-3-9-5-10(15)8-16-13(9)17/h5,8,11,19H,2-4,6-7H2,1H3. The molecule has 2 heterocycles. The molecule has 0 radical (unpaired) electrons. The predicted octanol–water partition coefficient (Wildman–Crippen LogP) is 2.43. The number of aliphatic hydroxyl groups is 1. The van der Waals surface area contributed by atoms with E-state index in [1.807, 2.05) is 13.0 Å². The number of anilines is 1. The highest BCUT2D eigenvalue weighted by Crippen LogP contribution is 2.42. The maximum absolute atomic E-state index is 12.2. The Bertz CT molecular complexity index is 526. The third-order valence-corrected chi connectivity index (χ3v) is 4.70. The number of rotatable bonds is 2. The number of hydrogen-bond donors (Lipinski definition) is 1. The highest BCUT2D eigenvalue weighted by molar-refractivity contribution is 9.10. The average molecular weight is 325 g/mol. The van der Waals surface area contributed by atoms with Crippen LogP contribution in [0.25, 0.3) is 0 Å². The van der Waals surface area contributed by atoms with E-state index >= 15 is 0 Å². The van der Waals surface area contributed by atoms with E-state index in [0.717, 1.165) is 28.7 Å². The Morgan fingerprint density at radius 2 is 2.26 bits per heavy atom. The number of fused-ring (bicyclic) bond motifs is 1. The van der Waals surface area contributed by atoms with Gasteiger partial charge in [-0.25, -0.2) is 4.98 Å². The summed E-state index contributed by atoms with van der Waals surface area (Å²) in [5, 5.41) is 10.1. The van der Waals surface area contributed by atoms with E-state index in [2.05, 4.69) is 20.9 Å². The summed E-state index contributed by atoms with van der Waals surface area (Å²) in [6.07, 6.45) is 5.08. The Hall–Kier alpha value is -0.940. The average Bonchev–Trinajstić information content (AvgIpc) is 2.36. The Kier molecular flexibility index (Phi) is 3.14. The first-order valence-electron chi connectivity index (χ1n) is 6.71. The Morgan fingerprint density at radius 1 is 1.53 bits per heavy atom. The van der Waals surface area contributed by atoms with Crippen LogP contribution in [0.5, 0.6) is 0 Å². The molecule has 1 aliphatic heterocycles. The van der Waals surface area contributed by atoms with Crippen molar-refractivity contribution in [3.05, 3.63) is 22.3 Å². The zero-order chi connectivity index (χ0) is 13.6. The first kappa shape index (κ1) is 13.1. The van der Waals surface area contributed by atoms with Crippen LogP contribution >= 0.6 is 15.9 Å². The quantitative estimate of drug-likeness (QED) is 0.909. The van der Waals surface area contributed by atoms with Crippen LogP contribution in [0.15, 0.2) is 16.7 Å². The number of aromatic nitrogens is 1. The fraction of sp³-hybridized carbons (Fsp3) is 0.571. The molecule has 19 heavy (non-hydrogen) atoms. The summed E-state index contributed by atoms with van der Waals surface area (Å²) in [4.78, 5) is 18.4. The van der Waals surface area contributed by atoms with Gasteiger partial charge in [0.25, 0.3) is 0 Å². The van der Waals surface area contributed by atoms with E-state index in [1.54, 1.807) is 11.1 Å². The zero-order valence-electron chi connectivity index (χ0n) is 10.9. The zero-order valence-corrected chi connectivity index (χ0v) is 12.5. The molecule has 3 rings (SSSR count). The number of halogens is 1. The van der Waals surface area contributed by atoms with Crippen molar-refractivity contribution >= 4 is 27.7 Å². The first-order chi connectivity index (χ1) is 9.02. The van der Waals surface area contributed by atoms with Gasteiger partial charge in [-0.15, -0.1) is 0 Å². The molecule has 1 fully saturated rings. The van der Waals surface area contributed by atoms with Gasteiger partial charge in [0, 0.05) is 23.1 Å². The second-order valence-corrected chi connectivity index (χ2v) is 6.46. The molecular formula is C14H17BrN2O2. The smallest absolute Gasteiger partial charge is 0.228 e. The first-order valence-corrected chi connectivity index (χ1v) is 7.50. The molecule has 1 amide bonds. The molecule has 0 aromatic carbocycles. The van der Waals surface area contributed by atoms with E-state index in [1.165, 1.54) is 0 Å². The summed E-state index contributed by atoms with van der Waals surface area (Å²) < 4.78 is 0.944. The molecule has 1 aromatic heterocycles. The number of carbonyl (C=O) groups is 1. The second kappa shape index (κ2) is 4.56. The third kappa shape index (κ3) is 2.19. The molecule has 2 aliphatic rings. The second-order valence-electron chi connectivity index (χ2n) is 5.54. The van der Waals surface area contributed by atoms with Crippen molar-refractivity contribution in [1.29, 1.82) is 0 Å². The highest BCUT2D eigenvalue weighted by atomic mass is 79.9. The molecule has 5 heteroatoms. The Balaban J connectivity index is 1.88. The fourth-order valence-electron chi connectivity index (χ4n) is 3.02. The van der Waals surface area contributed by atoms with E-state index in [0.29, 0.717) is 19.3 Å². The van der Waals surface area contributed by atoms with Crippen LogP contribution in [0, 0.1) is 0 Å². The third-order valence-electron chi connectivity index (χ3n) is 4.27. The van der Waals surface area contributed by atoms with Crippen molar-refractivity contribution in [3.8, 4) is 0 Å². The van der Waals surface area contributed by atoms with Crippen LogP contribution in [-0.2, 0) is 11.2 Å². The molecule has 4 nitrogen and oxygen atoms in total. The maximum atomic E-state index is 12.2. The molecule has 0 unspecified atom stereocenters. The highest BCUT2D eigenvalue weighted by Gasteiger charge is 2.47.